The lowest BCUT2D eigenvalue weighted by Crippen LogP contribution is -2.45. The Morgan fingerprint density at radius 1 is 1.19 bits per heavy atom. The predicted molar refractivity (Wildman–Crippen MR) is 63.7 cm³/mol. The van der Waals surface area contributed by atoms with E-state index in [0.717, 1.165) is 0 Å². The smallest absolute Gasteiger partial charge is 0.129 e. The highest BCUT2D eigenvalue weighted by molar-refractivity contribution is 5.24. The maximum absolute atomic E-state index is 13.5. The molecule has 90 valence electrons. The Kier molecular flexibility index (Phi) is 3.71. The first-order chi connectivity index (χ1) is 7.22. The van der Waals surface area contributed by atoms with E-state index < -0.39 is 5.60 Å². The van der Waals surface area contributed by atoms with Crippen molar-refractivity contribution in [1.82, 2.24) is 5.32 Å². The van der Waals surface area contributed by atoms with Crippen molar-refractivity contribution in [2.24, 2.45) is 0 Å². The summed E-state index contributed by atoms with van der Waals surface area (Å²) in [6, 6.07) is 6.32. The number of β-amino-alcohol motifs (C(OH)–C–C–N with tert-alkyl or cyclic N) is 1. The number of halogens is 1. The highest BCUT2D eigenvalue weighted by Crippen LogP contribution is 2.23. The summed E-state index contributed by atoms with van der Waals surface area (Å²) in [5, 5.41) is 13.4. The zero-order valence-corrected chi connectivity index (χ0v) is 10.3. The van der Waals surface area contributed by atoms with Crippen LogP contribution in [0, 0.1) is 5.82 Å². The molecule has 0 aliphatic rings. The lowest BCUT2D eigenvalue weighted by molar-refractivity contribution is 0.0466. The molecule has 3 heteroatoms. The van der Waals surface area contributed by atoms with Gasteiger partial charge in [0.25, 0.3) is 0 Å². The van der Waals surface area contributed by atoms with Crippen LogP contribution in [-0.2, 0) is 5.60 Å². The number of nitrogens with one attached hydrogen (secondary N) is 1. The maximum atomic E-state index is 13.5. The van der Waals surface area contributed by atoms with Crippen molar-refractivity contribution in [3.63, 3.8) is 0 Å². The van der Waals surface area contributed by atoms with Crippen LogP contribution in [0.1, 0.15) is 33.3 Å². The first-order valence-electron chi connectivity index (χ1n) is 5.45. The predicted octanol–water partition coefficient (Wildman–Crippen LogP) is 2.42. The van der Waals surface area contributed by atoms with Gasteiger partial charge < -0.3 is 10.4 Å². The van der Waals surface area contributed by atoms with Gasteiger partial charge in [-0.25, -0.2) is 4.39 Å². The van der Waals surface area contributed by atoms with E-state index in [4.69, 9.17) is 0 Å². The maximum Gasteiger partial charge on any atom is 0.129 e. The van der Waals surface area contributed by atoms with E-state index in [-0.39, 0.29) is 11.4 Å². The molecule has 1 aromatic carbocycles. The van der Waals surface area contributed by atoms with E-state index >= 15 is 0 Å². The Morgan fingerprint density at radius 2 is 1.75 bits per heavy atom. The minimum absolute atomic E-state index is 0.102. The summed E-state index contributed by atoms with van der Waals surface area (Å²) in [6.07, 6.45) is 0. The molecule has 1 rings (SSSR count). The van der Waals surface area contributed by atoms with E-state index in [0.29, 0.717) is 12.1 Å². The average molecular weight is 225 g/mol. The number of hydrogen-bond donors (Lipinski definition) is 2. The Labute approximate surface area is 96.5 Å². The third kappa shape index (κ3) is 3.58. The third-order valence-electron chi connectivity index (χ3n) is 2.42. The Morgan fingerprint density at radius 3 is 2.25 bits per heavy atom. The molecule has 1 unspecified atom stereocenters. The van der Waals surface area contributed by atoms with Gasteiger partial charge in [0, 0.05) is 17.6 Å². The lowest BCUT2D eigenvalue weighted by Gasteiger charge is -2.30. The molecular formula is C13H20FNO. The molecule has 0 amide bonds. The van der Waals surface area contributed by atoms with E-state index in [1.807, 2.05) is 20.8 Å². The highest BCUT2D eigenvalue weighted by atomic mass is 19.1. The molecule has 16 heavy (non-hydrogen) atoms. The Hall–Kier alpha value is -0.930. The van der Waals surface area contributed by atoms with Gasteiger partial charge in [-0.3, -0.25) is 0 Å². The van der Waals surface area contributed by atoms with Crippen LogP contribution < -0.4 is 5.32 Å². The summed E-state index contributed by atoms with van der Waals surface area (Å²) < 4.78 is 13.5. The van der Waals surface area contributed by atoms with Crippen molar-refractivity contribution in [2.45, 2.75) is 38.8 Å². The minimum atomic E-state index is -1.20. The van der Waals surface area contributed by atoms with Crippen LogP contribution in [-0.4, -0.2) is 17.2 Å². The molecule has 0 aliphatic carbocycles. The Balaban J connectivity index is 2.82. The normalized spacial score (nSPS) is 15.9. The van der Waals surface area contributed by atoms with Crippen molar-refractivity contribution >= 4 is 0 Å². The second-order valence-corrected chi connectivity index (χ2v) is 5.36. The first kappa shape index (κ1) is 13.1. The molecular weight excluding hydrogens is 205 g/mol. The molecule has 0 bridgehead atoms. The summed E-state index contributed by atoms with van der Waals surface area (Å²) in [5.41, 5.74) is -0.972. The molecule has 1 atom stereocenters. The van der Waals surface area contributed by atoms with Gasteiger partial charge in [0.15, 0.2) is 0 Å². The van der Waals surface area contributed by atoms with Crippen LogP contribution in [0.25, 0.3) is 0 Å². The monoisotopic (exact) mass is 225 g/mol. The molecule has 0 saturated carbocycles. The number of aliphatic hydroxyl groups is 1. The van der Waals surface area contributed by atoms with Gasteiger partial charge >= 0.3 is 0 Å². The highest BCUT2D eigenvalue weighted by Gasteiger charge is 2.27. The average Bonchev–Trinajstić information content (AvgIpc) is 2.14. The largest absolute Gasteiger partial charge is 0.384 e. The second kappa shape index (κ2) is 4.52. The van der Waals surface area contributed by atoms with Crippen LogP contribution in [0.2, 0.25) is 0 Å². The minimum Gasteiger partial charge on any atom is -0.384 e. The zero-order valence-electron chi connectivity index (χ0n) is 10.3. The fourth-order valence-corrected chi connectivity index (χ4v) is 1.43. The van der Waals surface area contributed by atoms with Gasteiger partial charge in [-0.1, -0.05) is 18.2 Å². The molecule has 0 fully saturated rings. The van der Waals surface area contributed by atoms with Gasteiger partial charge in [0.1, 0.15) is 11.4 Å². The topological polar surface area (TPSA) is 32.3 Å². The van der Waals surface area contributed by atoms with Crippen molar-refractivity contribution < 1.29 is 9.50 Å². The van der Waals surface area contributed by atoms with E-state index in [1.54, 1.807) is 25.1 Å². The van der Waals surface area contributed by atoms with Gasteiger partial charge in [-0.2, -0.15) is 0 Å². The second-order valence-electron chi connectivity index (χ2n) is 5.36. The van der Waals surface area contributed by atoms with Crippen molar-refractivity contribution in [1.29, 1.82) is 0 Å². The van der Waals surface area contributed by atoms with E-state index in [1.165, 1.54) is 6.07 Å². The van der Waals surface area contributed by atoms with Crippen molar-refractivity contribution in [2.75, 3.05) is 6.54 Å². The SMILES string of the molecule is CC(C)(C)NCC(C)(O)c1ccccc1F. The molecule has 0 spiro atoms. The van der Waals surface area contributed by atoms with Gasteiger partial charge in [-0.15, -0.1) is 0 Å². The van der Waals surface area contributed by atoms with Gasteiger partial charge in [0.05, 0.1) is 0 Å². The van der Waals surface area contributed by atoms with Crippen LogP contribution in [0.4, 0.5) is 4.39 Å². The molecule has 2 N–H and O–H groups in total. The molecule has 0 heterocycles. The number of rotatable bonds is 3. The van der Waals surface area contributed by atoms with Crippen molar-refractivity contribution in [3.8, 4) is 0 Å². The summed E-state index contributed by atoms with van der Waals surface area (Å²) >= 11 is 0. The summed E-state index contributed by atoms with van der Waals surface area (Å²) in [5.74, 6) is -0.372. The molecule has 2 nitrogen and oxygen atoms in total. The number of hydrogen-bond acceptors (Lipinski definition) is 2. The molecule has 0 radical (unpaired) electrons. The van der Waals surface area contributed by atoms with Crippen LogP contribution >= 0.6 is 0 Å². The van der Waals surface area contributed by atoms with Crippen molar-refractivity contribution in [3.05, 3.63) is 35.6 Å². The third-order valence-corrected chi connectivity index (χ3v) is 2.42. The van der Waals surface area contributed by atoms with Crippen LogP contribution in [0.3, 0.4) is 0 Å². The summed E-state index contributed by atoms with van der Waals surface area (Å²) in [6.45, 7) is 7.95. The molecule has 0 aromatic heterocycles. The lowest BCUT2D eigenvalue weighted by atomic mass is 9.94. The van der Waals surface area contributed by atoms with E-state index in [9.17, 15) is 9.50 Å². The fraction of sp³-hybridized carbons (Fsp3) is 0.538. The fourth-order valence-electron chi connectivity index (χ4n) is 1.43. The summed E-state index contributed by atoms with van der Waals surface area (Å²) in [7, 11) is 0. The molecule has 1 aromatic rings. The van der Waals surface area contributed by atoms with E-state index in [2.05, 4.69) is 5.32 Å². The standard InChI is InChI=1S/C13H20FNO/c1-12(2,3)15-9-13(4,16)10-7-5-6-8-11(10)14/h5-8,15-16H,9H2,1-4H3. The van der Waals surface area contributed by atoms with Gasteiger partial charge in [-0.05, 0) is 33.8 Å². The molecule has 0 aliphatic heterocycles. The summed E-state index contributed by atoms with van der Waals surface area (Å²) in [4.78, 5) is 0. The van der Waals surface area contributed by atoms with Crippen LogP contribution in [0.15, 0.2) is 24.3 Å². The zero-order chi connectivity index (χ0) is 12.4. The first-order valence-corrected chi connectivity index (χ1v) is 5.45. The quantitative estimate of drug-likeness (QED) is 0.828. The van der Waals surface area contributed by atoms with Gasteiger partial charge in [0.2, 0.25) is 0 Å². The van der Waals surface area contributed by atoms with Crippen LogP contribution in [0.5, 0.6) is 0 Å². The number of benzene rings is 1. The molecule has 0 saturated heterocycles. The Bertz CT molecular complexity index is 355.